The van der Waals surface area contributed by atoms with Crippen molar-refractivity contribution in [3.8, 4) is 11.5 Å². The highest BCUT2D eigenvalue weighted by Gasteiger charge is 2.34. The summed E-state index contributed by atoms with van der Waals surface area (Å²) in [5.41, 5.74) is 3.41. The molecule has 1 amide bonds. The highest BCUT2D eigenvalue weighted by atomic mass is 19.1. The Balaban J connectivity index is 1.65. The Morgan fingerprint density at radius 3 is 2.56 bits per heavy atom. The molecule has 7 heteroatoms. The van der Waals surface area contributed by atoms with Crippen molar-refractivity contribution in [2.75, 3.05) is 20.3 Å². The molecule has 0 spiro atoms. The minimum absolute atomic E-state index is 0.0660. The van der Waals surface area contributed by atoms with Crippen molar-refractivity contribution < 1.29 is 28.6 Å². The van der Waals surface area contributed by atoms with E-state index in [0.29, 0.717) is 24.9 Å². The van der Waals surface area contributed by atoms with E-state index in [4.69, 9.17) is 14.6 Å². The monoisotopic (exact) mass is 463 g/mol. The van der Waals surface area contributed by atoms with Gasteiger partial charge in [0.2, 0.25) is 5.91 Å². The highest BCUT2D eigenvalue weighted by Crippen LogP contribution is 2.40. The van der Waals surface area contributed by atoms with Crippen LogP contribution in [0.1, 0.15) is 34.7 Å². The third-order valence-corrected chi connectivity index (χ3v) is 6.01. The number of carboxylic acids is 1. The molecule has 176 valence electrons. The fourth-order valence-corrected chi connectivity index (χ4v) is 4.36. The molecule has 6 nitrogen and oxygen atoms in total. The normalized spacial score (nSPS) is 14.9. The minimum Gasteiger partial charge on any atom is -0.497 e. The number of halogens is 1. The van der Waals surface area contributed by atoms with Gasteiger partial charge in [-0.25, -0.2) is 9.18 Å². The van der Waals surface area contributed by atoms with Gasteiger partial charge in [-0.05, 0) is 59.9 Å². The Labute approximate surface area is 197 Å². The lowest BCUT2D eigenvalue weighted by atomic mass is 9.87. The van der Waals surface area contributed by atoms with E-state index in [-0.39, 0.29) is 18.1 Å². The molecule has 0 saturated carbocycles. The molecule has 0 aliphatic carbocycles. The van der Waals surface area contributed by atoms with E-state index in [2.05, 4.69) is 0 Å². The zero-order valence-electron chi connectivity index (χ0n) is 18.9. The zero-order valence-corrected chi connectivity index (χ0v) is 18.9. The number of ether oxygens (including phenoxy) is 2. The van der Waals surface area contributed by atoms with Crippen molar-refractivity contribution in [3.63, 3.8) is 0 Å². The lowest BCUT2D eigenvalue weighted by molar-refractivity contribution is -0.139. The maximum absolute atomic E-state index is 14.4. The number of benzene rings is 3. The molecular weight excluding hydrogens is 437 g/mol. The number of hydrogen-bond donors (Lipinski definition) is 1. The first-order valence-corrected chi connectivity index (χ1v) is 11.1. The van der Waals surface area contributed by atoms with Gasteiger partial charge < -0.3 is 19.5 Å². The molecule has 3 aromatic rings. The molecule has 0 radical (unpaired) electrons. The number of carbonyl (C=O) groups is 2. The van der Waals surface area contributed by atoms with Crippen LogP contribution in [0.3, 0.4) is 0 Å². The third kappa shape index (κ3) is 5.20. The summed E-state index contributed by atoms with van der Waals surface area (Å²) in [7, 11) is 1.60. The maximum Gasteiger partial charge on any atom is 0.341 e. The van der Waals surface area contributed by atoms with Crippen LogP contribution in [0.2, 0.25) is 0 Å². The molecule has 0 bridgehead atoms. The summed E-state index contributed by atoms with van der Waals surface area (Å²) in [6, 6.07) is 18.7. The van der Waals surface area contributed by atoms with Crippen LogP contribution in [0.15, 0.2) is 66.7 Å². The Kier molecular flexibility index (Phi) is 7.11. The summed E-state index contributed by atoms with van der Waals surface area (Å²) in [5.74, 6) is -0.678. The molecule has 0 saturated heterocycles. The lowest BCUT2D eigenvalue weighted by Crippen LogP contribution is -2.41. The van der Waals surface area contributed by atoms with E-state index in [1.807, 2.05) is 48.5 Å². The molecule has 1 atom stereocenters. The average molecular weight is 464 g/mol. The molecule has 1 heterocycles. The Morgan fingerprint density at radius 1 is 1.06 bits per heavy atom. The van der Waals surface area contributed by atoms with Gasteiger partial charge in [0.15, 0.2) is 6.61 Å². The molecule has 1 aliphatic rings. The molecule has 4 rings (SSSR count). The van der Waals surface area contributed by atoms with Gasteiger partial charge in [0.05, 0.1) is 13.2 Å². The summed E-state index contributed by atoms with van der Waals surface area (Å²) in [4.78, 5) is 26.3. The molecular formula is C27H26FNO5. The fourth-order valence-electron chi connectivity index (χ4n) is 4.36. The van der Waals surface area contributed by atoms with E-state index in [0.717, 1.165) is 22.4 Å². The largest absolute Gasteiger partial charge is 0.497 e. The van der Waals surface area contributed by atoms with Crippen LogP contribution in [0.5, 0.6) is 11.5 Å². The van der Waals surface area contributed by atoms with Gasteiger partial charge in [0.1, 0.15) is 17.3 Å². The first-order valence-electron chi connectivity index (χ1n) is 11.1. The quantitative estimate of drug-likeness (QED) is 0.536. The Morgan fingerprint density at radius 2 is 1.82 bits per heavy atom. The number of aliphatic carboxylic acids is 1. The van der Waals surface area contributed by atoms with Crippen molar-refractivity contribution in [3.05, 3.63) is 94.8 Å². The molecule has 1 aliphatic heterocycles. The van der Waals surface area contributed by atoms with Crippen LogP contribution < -0.4 is 9.47 Å². The smallest absolute Gasteiger partial charge is 0.341 e. The number of carboxylic acid groups (broad SMARTS) is 1. The van der Waals surface area contributed by atoms with Crippen molar-refractivity contribution in [1.82, 2.24) is 4.90 Å². The number of methoxy groups -OCH3 is 1. The highest BCUT2D eigenvalue weighted by molar-refractivity contribution is 5.78. The summed E-state index contributed by atoms with van der Waals surface area (Å²) in [5, 5.41) is 9.07. The number of hydrogen-bond acceptors (Lipinski definition) is 4. The van der Waals surface area contributed by atoms with E-state index in [9.17, 15) is 14.0 Å². The molecule has 0 aromatic heterocycles. The number of carbonyl (C=O) groups excluding carboxylic acids is 1. The second-order valence-corrected chi connectivity index (χ2v) is 8.15. The second kappa shape index (κ2) is 10.4. The van der Waals surface area contributed by atoms with Crippen LogP contribution in [-0.2, 0) is 22.4 Å². The maximum atomic E-state index is 14.4. The van der Waals surface area contributed by atoms with Crippen LogP contribution in [0, 0.1) is 5.82 Å². The lowest BCUT2D eigenvalue weighted by Gasteiger charge is -2.38. The predicted molar refractivity (Wildman–Crippen MR) is 125 cm³/mol. The summed E-state index contributed by atoms with van der Waals surface area (Å²) in [6.45, 7) is -0.0869. The second-order valence-electron chi connectivity index (χ2n) is 8.15. The molecule has 3 aromatic carbocycles. The number of amides is 1. The van der Waals surface area contributed by atoms with E-state index >= 15 is 0 Å². The van der Waals surface area contributed by atoms with Gasteiger partial charge in [-0.15, -0.1) is 0 Å². The number of nitrogens with zero attached hydrogens (tertiary/aromatic N) is 1. The Hall–Kier alpha value is -3.87. The number of aryl methyl sites for hydroxylation is 1. The minimum atomic E-state index is -1.13. The van der Waals surface area contributed by atoms with Gasteiger partial charge in [-0.1, -0.05) is 36.4 Å². The van der Waals surface area contributed by atoms with Gasteiger partial charge in [-0.3, -0.25) is 4.79 Å². The van der Waals surface area contributed by atoms with Gasteiger partial charge in [0, 0.05) is 18.5 Å². The zero-order chi connectivity index (χ0) is 24.1. The van der Waals surface area contributed by atoms with Gasteiger partial charge in [0.25, 0.3) is 0 Å². The van der Waals surface area contributed by atoms with Crippen LogP contribution in [0.25, 0.3) is 0 Å². The first kappa shape index (κ1) is 23.3. The van der Waals surface area contributed by atoms with Crippen molar-refractivity contribution >= 4 is 11.9 Å². The van der Waals surface area contributed by atoms with Crippen molar-refractivity contribution in [1.29, 1.82) is 0 Å². The summed E-state index contributed by atoms with van der Waals surface area (Å²) < 4.78 is 25.0. The van der Waals surface area contributed by atoms with Crippen LogP contribution >= 0.6 is 0 Å². The van der Waals surface area contributed by atoms with Crippen LogP contribution in [-0.4, -0.2) is 42.1 Å². The topological polar surface area (TPSA) is 76.1 Å². The Bertz CT molecular complexity index is 1180. The third-order valence-electron chi connectivity index (χ3n) is 6.01. The summed E-state index contributed by atoms with van der Waals surface area (Å²) >= 11 is 0. The molecule has 0 fully saturated rings. The van der Waals surface area contributed by atoms with Crippen molar-refractivity contribution in [2.24, 2.45) is 0 Å². The van der Waals surface area contributed by atoms with E-state index in [1.165, 1.54) is 18.2 Å². The van der Waals surface area contributed by atoms with Crippen LogP contribution in [0.4, 0.5) is 4.39 Å². The molecule has 34 heavy (non-hydrogen) atoms. The molecule has 1 unspecified atom stereocenters. The van der Waals surface area contributed by atoms with Gasteiger partial charge in [-0.2, -0.15) is 0 Å². The van der Waals surface area contributed by atoms with E-state index in [1.54, 1.807) is 12.0 Å². The summed E-state index contributed by atoms with van der Waals surface area (Å²) in [6.07, 6.45) is 1.52. The molecule has 1 N–H and O–H groups in total. The predicted octanol–water partition coefficient (Wildman–Crippen LogP) is 4.40. The number of fused-ring (bicyclic) bond motifs is 1. The first-order chi connectivity index (χ1) is 16.5. The van der Waals surface area contributed by atoms with E-state index < -0.39 is 24.4 Å². The standard InChI is InChI=1S/C27H26FNO5/c1-33-21-10-6-18(7-11-21)8-13-25(30)29-15-14-19-4-2-3-5-22(19)27(29)23-16-20(28)9-12-24(23)34-17-26(31)32/h2-7,9-12,16,27H,8,13-15,17H2,1H3,(H,31,32). The average Bonchev–Trinajstić information content (AvgIpc) is 2.86. The van der Waals surface area contributed by atoms with Crippen molar-refractivity contribution in [2.45, 2.75) is 25.3 Å². The fraction of sp³-hybridized carbons (Fsp3) is 0.259. The number of rotatable bonds is 8. The van der Waals surface area contributed by atoms with Gasteiger partial charge >= 0.3 is 5.97 Å². The SMILES string of the molecule is COc1ccc(CCC(=O)N2CCc3ccccc3C2c2cc(F)ccc2OCC(=O)O)cc1.